The normalized spacial score (nSPS) is 9.95. The Hall–Kier alpha value is -2.54. The molecule has 0 amide bonds. The Bertz CT molecular complexity index is 613. The first-order chi connectivity index (χ1) is 10.2. The lowest BCUT2D eigenvalue weighted by Gasteiger charge is -2.19. The SMILES string of the molecule is CCCNc1cc(CN(C)c2ccc(C#N)cc2)ccn1. The van der Waals surface area contributed by atoms with E-state index < -0.39 is 0 Å². The number of nitrogens with one attached hydrogen (secondary N) is 1. The highest BCUT2D eigenvalue weighted by molar-refractivity contribution is 5.50. The maximum atomic E-state index is 8.83. The minimum Gasteiger partial charge on any atom is -0.370 e. The van der Waals surface area contributed by atoms with Gasteiger partial charge in [-0.25, -0.2) is 4.98 Å². The summed E-state index contributed by atoms with van der Waals surface area (Å²) in [6.45, 7) is 3.87. The summed E-state index contributed by atoms with van der Waals surface area (Å²) in [5, 5.41) is 12.1. The fourth-order valence-electron chi connectivity index (χ4n) is 2.08. The van der Waals surface area contributed by atoms with Crippen molar-refractivity contribution in [2.75, 3.05) is 23.8 Å². The molecule has 0 aliphatic rings. The van der Waals surface area contributed by atoms with Crippen LogP contribution in [0.15, 0.2) is 42.6 Å². The zero-order valence-corrected chi connectivity index (χ0v) is 12.5. The highest BCUT2D eigenvalue weighted by Gasteiger charge is 2.03. The summed E-state index contributed by atoms with van der Waals surface area (Å²) in [6, 6.07) is 13.9. The van der Waals surface area contributed by atoms with Crippen LogP contribution in [-0.2, 0) is 6.54 Å². The van der Waals surface area contributed by atoms with E-state index in [9.17, 15) is 0 Å². The van der Waals surface area contributed by atoms with Crippen molar-refractivity contribution >= 4 is 11.5 Å². The standard InChI is InChI=1S/C17H20N4/c1-3-9-19-17-11-15(8-10-20-17)13-21(2)16-6-4-14(12-18)5-7-16/h4-8,10-11H,3,9,13H2,1-2H3,(H,19,20). The van der Waals surface area contributed by atoms with Crippen LogP contribution in [0, 0.1) is 11.3 Å². The first-order valence-electron chi connectivity index (χ1n) is 7.13. The van der Waals surface area contributed by atoms with Crippen molar-refractivity contribution in [1.82, 2.24) is 4.98 Å². The number of anilines is 2. The van der Waals surface area contributed by atoms with E-state index in [1.54, 1.807) is 0 Å². The lowest BCUT2D eigenvalue weighted by molar-refractivity contribution is 0.915. The van der Waals surface area contributed by atoms with Gasteiger partial charge >= 0.3 is 0 Å². The largest absolute Gasteiger partial charge is 0.370 e. The predicted molar refractivity (Wildman–Crippen MR) is 86.3 cm³/mol. The number of aromatic nitrogens is 1. The molecule has 2 rings (SSSR count). The maximum absolute atomic E-state index is 8.83. The van der Waals surface area contributed by atoms with Gasteiger partial charge in [0.05, 0.1) is 11.6 Å². The molecule has 0 spiro atoms. The molecule has 4 heteroatoms. The Morgan fingerprint density at radius 2 is 2.00 bits per heavy atom. The Kier molecular flexibility index (Phi) is 5.16. The van der Waals surface area contributed by atoms with Gasteiger partial charge in [-0.05, 0) is 48.4 Å². The molecule has 1 heterocycles. The summed E-state index contributed by atoms with van der Waals surface area (Å²) >= 11 is 0. The van der Waals surface area contributed by atoms with Crippen molar-refractivity contribution in [3.05, 3.63) is 53.7 Å². The van der Waals surface area contributed by atoms with Gasteiger partial charge in [-0.2, -0.15) is 5.26 Å². The van der Waals surface area contributed by atoms with Gasteiger partial charge in [0.2, 0.25) is 0 Å². The van der Waals surface area contributed by atoms with Gasteiger partial charge in [0.15, 0.2) is 0 Å². The maximum Gasteiger partial charge on any atom is 0.126 e. The summed E-state index contributed by atoms with van der Waals surface area (Å²) < 4.78 is 0. The topological polar surface area (TPSA) is 52.0 Å². The number of benzene rings is 1. The predicted octanol–water partition coefficient (Wildman–Crippen LogP) is 3.41. The summed E-state index contributed by atoms with van der Waals surface area (Å²) in [6.07, 6.45) is 2.91. The molecule has 0 unspecified atom stereocenters. The second-order valence-corrected chi connectivity index (χ2v) is 4.99. The van der Waals surface area contributed by atoms with E-state index in [0.717, 1.165) is 31.0 Å². The lowest BCUT2D eigenvalue weighted by atomic mass is 10.2. The van der Waals surface area contributed by atoms with Crippen molar-refractivity contribution in [1.29, 1.82) is 5.26 Å². The van der Waals surface area contributed by atoms with Gasteiger partial charge < -0.3 is 10.2 Å². The smallest absolute Gasteiger partial charge is 0.126 e. The average molecular weight is 280 g/mol. The van der Waals surface area contributed by atoms with E-state index in [4.69, 9.17) is 5.26 Å². The van der Waals surface area contributed by atoms with Crippen molar-refractivity contribution in [3.8, 4) is 6.07 Å². The Morgan fingerprint density at radius 3 is 2.67 bits per heavy atom. The third-order valence-electron chi connectivity index (χ3n) is 3.24. The van der Waals surface area contributed by atoms with Crippen LogP contribution in [-0.4, -0.2) is 18.6 Å². The summed E-state index contributed by atoms with van der Waals surface area (Å²) in [5.41, 5.74) is 2.98. The van der Waals surface area contributed by atoms with Gasteiger partial charge in [0.25, 0.3) is 0 Å². The molecule has 0 radical (unpaired) electrons. The minimum atomic E-state index is 0.683. The van der Waals surface area contributed by atoms with E-state index in [2.05, 4.69) is 34.3 Å². The molecule has 0 saturated carbocycles. The van der Waals surface area contributed by atoms with E-state index in [1.165, 1.54) is 5.56 Å². The number of rotatable bonds is 6. The molecule has 1 aromatic heterocycles. The third kappa shape index (κ3) is 4.22. The quantitative estimate of drug-likeness (QED) is 0.881. The molecule has 0 bridgehead atoms. The fourth-order valence-corrected chi connectivity index (χ4v) is 2.08. The molecule has 0 atom stereocenters. The van der Waals surface area contributed by atoms with Crippen LogP contribution in [0.25, 0.3) is 0 Å². The zero-order chi connectivity index (χ0) is 15.1. The highest BCUT2D eigenvalue weighted by atomic mass is 15.1. The van der Waals surface area contributed by atoms with Crippen LogP contribution in [0.4, 0.5) is 11.5 Å². The van der Waals surface area contributed by atoms with Crippen LogP contribution in [0.3, 0.4) is 0 Å². The first kappa shape index (κ1) is 14.9. The van der Waals surface area contributed by atoms with Gasteiger partial charge in [-0.3, -0.25) is 0 Å². The van der Waals surface area contributed by atoms with Gasteiger partial charge in [-0.1, -0.05) is 6.92 Å². The monoisotopic (exact) mass is 280 g/mol. The third-order valence-corrected chi connectivity index (χ3v) is 3.24. The molecule has 1 aromatic carbocycles. The van der Waals surface area contributed by atoms with Gasteiger partial charge in [-0.15, -0.1) is 0 Å². The number of hydrogen-bond acceptors (Lipinski definition) is 4. The Labute approximate surface area is 126 Å². The molecular formula is C17H20N4. The lowest BCUT2D eigenvalue weighted by Crippen LogP contribution is -2.16. The zero-order valence-electron chi connectivity index (χ0n) is 12.5. The number of pyridine rings is 1. The number of nitrogens with zero attached hydrogens (tertiary/aromatic N) is 3. The molecule has 21 heavy (non-hydrogen) atoms. The van der Waals surface area contributed by atoms with E-state index in [0.29, 0.717) is 5.56 Å². The molecule has 2 aromatic rings. The van der Waals surface area contributed by atoms with E-state index in [1.807, 2.05) is 43.6 Å². The minimum absolute atomic E-state index is 0.683. The van der Waals surface area contributed by atoms with Crippen LogP contribution in [0.5, 0.6) is 0 Å². The van der Waals surface area contributed by atoms with Crippen LogP contribution in [0.2, 0.25) is 0 Å². The molecule has 0 saturated heterocycles. The fraction of sp³-hybridized carbons (Fsp3) is 0.294. The second kappa shape index (κ2) is 7.30. The Balaban J connectivity index is 2.04. The number of hydrogen-bond donors (Lipinski definition) is 1. The summed E-state index contributed by atoms with van der Waals surface area (Å²) in [5.74, 6) is 0.919. The summed E-state index contributed by atoms with van der Waals surface area (Å²) in [4.78, 5) is 6.47. The van der Waals surface area contributed by atoms with Crippen LogP contribution in [0.1, 0.15) is 24.5 Å². The van der Waals surface area contributed by atoms with Crippen molar-refractivity contribution in [2.45, 2.75) is 19.9 Å². The van der Waals surface area contributed by atoms with E-state index >= 15 is 0 Å². The van der Waals surface area contributed by atoms with E-state index in [-0.39, 0.29) is 0 Å². The van der Waals surface area contributed by atoms with Gasteiger partial charge in [0, 0.05) is 32.0 Å². The molecule has 0 aliphatic carbocycles. The second-order valence-electron chi connectivity index (χ2n) is 4.99. The first-order valence-corrected chi connectivity index (χ1v) is 7.13. The van der Waals surface area contributed by atoms with Crippen molar-refractivity contribution in [2.24, 2.45) is 0 Å². The molecule has 4 nitrogen and oxygen atoms in total. The summed E-state index contributed by atoms with van der Waals surface area (Å²) in [7, 11) is 2.04. The van der Waals surface area contributed by atoms with Crippen LogP contribution >= 0.6 is 0 Å². The molecule has 1 N–H and O–H groups in total. The average Bonchev–Trinajstić information content (AvgIpc) is 2.53. The van der Waals surface area contributed by atoms with Gasteiger partial charge in [0.1, 0.15) is 5.82 Å². The van der Waals surface area contributed by atoms with Crippen LogP contribution < -0.4 is 10.2 Å². The Morgan fingerprint density at radius 1 is 1.24 bits per heavy atom. The van der Waals surface area contributed by atoms with Crippen molar-refractivity contribution in [3.63, 3.8) is 0 Å². The van der Waals surface area contributed by atoms with Crippen molar-refractivity contribution < 1.29 is 0 Å². The molecular weight excluding hydrogens is 260 g/mol. The molecule has 108 valence electrons. The molecule has 0 fully saturated rings. The number of nitriles is 1. The molecule has 0 aliphatic heterocycles. The highest BCUT2D eigenvalue weighted by Crippen LogP contribution is 2.17.